The molecule has 4 nitrogen and oxygen atoms in total. The topological polar surface area (TPSA) is 56.4 Å². The van der Waals surface area contributed by atoms with Crippen LogP contribution in [0.4, 0.5) is 0 Å². The quantitative estimate of drug-likeness (QED) is 0.239. The molecule has 0 aromatic carbocycles. The number of hydrogen-bond acceptors (Lipinski definition) is 0. The van der Waals surface area contributed by atoms with E-state index in [1.54, 1.807) is 0 Å². The molecule has 0 saturated carbocycles. The van der Waals surface area contributed by atoms with Crippen LogP contribution >= 0.6 is 0 Å². The summed E-state index contributed by atoms with van der Waals surface area (Å²) in [4.78, 5) is 21.0. The molecule has 0 atom stereocenters. The third-order valence-corrected chi connectivity index (χ3v) is 8.82. The van der Waals surface area contributed by atoms with E-state index in [0.29, 0.717) is 0 Å². The monoisotopic (exact) mass is 743 g/mol. The Hall–Kier alpha value is -2.71. The first-order valence-corrected chi connectivity index (χ1v) is 15.6. The Bertz CT molecular complexity index is 1530. The Kier molecular flexibility index (Phi) is 11.4. The van der Waals surface area contributed by atoms with E-state index in [1.807, 2.05) is 0 Å². The smallest absolute Gasteiger partial charge is 0.657 e. The van der Waals surface area contributed by atoms with Crippen molar-refractivity contribution in [1.82, 2.24) is 19.9 Å². The molecule has 0 fully saturated rings. The van der Waals surface area contributed by atoms with Gasteiger partial charge in [-0.1, -0.05) is 132 Å². The number of aromatic nitrogens is 4. The molecule has 8 bridgehead atoms. The molecule has 5 rings (SSSR count). The van der Waals surface area contributed by atoms with Crippen molar-refractivity contribution in [2.45, 2.75) is 114 Å². The van der Waals surface area contributed by atoms with E-state index in [9.17, 15) is 0 Å². The molecule has 4 aromatic rings. The fourth-order valence-corrected chi connectivity index (χ4v) is 6.92. The van der Waals surface area contributed by atoms with Crippen molar-refractivity contribution in [3.8, 4) is 0 Å². The third kappa shape index (κ3) is 5.64. The summed E-state index contributed by atoms with van der Waals surface area (Å²) in [5, 5.41) is 4.23. The minimum atomic E-state index is 0. The van der Waals surface area contributed by atoms with Gasteiger partial charge in [0, 0.05) is 0 Å². The van der Waals surface area contributed by atoms with Gasteiger partial charge < -0.3 is 19.9 Å². The molecule has 4 aromatic heterocycles. The predicted octanol–water partition coefficient (Wildman–Crippen LogP) is 4.28. The number of fused-ring (bicyclic) bond motifs is 8. The van der Waals surface area contributed by atoms with Gasteiger partial charge >= 0.3 is 21.1 Å². The van der Waals surface area contributed by atoms with E-state index in [2.05, 4.69) is 79.7 Å². The summed E-state index contributed by atoms with van der Waals surface area (Å²) in [6.07, 6.45) is 16.6. The van der Waals surface area contributed by atoms with Crippen molar-refractivity contribution in [2.24, 2.45) is 0 Å². The van der Waals surface area contributed by atoms with E-state index in [-0.39, 0.29) is 28.5 Å². The standard InChI is InChI=1S/C36H44N4.CH4.Pt/c1-9-21-22(10-2)30-18-32-25(13-5)26(14-6)34(39-32)20-36-28(16-8)27(15-7)35(40-36)19-33-24(12-4)23(11-3)31(38-33)17-29(21)37-30;;/h17-20H,9-16H2,1-8H3;1H4;/q-4;;+4. The zero-order valence-electron chi connectivity index (χ0n) is 26.1. The van der Waals surface area contributed by atoms with Gasteiger partial charge in [0.25, 0.3) is 0 Å². The fourth-order valence-electron chi connectivity index (χ4n) is 6.92. The van der Waals surface area contributed by atoms with Gasteiger partial charge in [-0.25, -0.2) is 0 Å². The van der Waals surface area contributed by atoms with Gasteiger partial charge in [-0.3, -0.25) is 0 Å². The molecule has 5 heterocycles. The van der Waals surface area contributed by atoms with Gasteiger partial charge in [0.1, 0.15) is 0 Å². The van der Waals surface area contributed by atoms with Crippen LogP contribution in [0.3, 0.4) is 0 Å². The first-order valence-electron chi connectivity index (χ1n) is 15.6. The first kappa shape index (κ1) is 33.8. The molecule has 0 aliphatic carbocycles. The Morgan fingerprint density at radius 2 is 0.524 bits per heavy atom. The molecule has 0 spiro atoms. The zero-order valence-corrected chi connectivity index (χ0v) is 28.3. The average Bonchev–Trinajstić information content (AvgIpc) is 3.67. The molecule has 1 aliphatic rings. The molecular formula is C37H48N4Pt. The van der Waals surface area contributed by atoms with Gasteiger partial charge in [0.05, 0.1) is 0 Å². The van der Waals surface area contributed by atoms with Crippen LogP contribution in [0.1, 0.15) is 130 Å². The minimum Gasteiger partial charge on any atom is -0.657 e. The maximum atomic E-state index is 5.25. The zero-order chi connectivity index (χ0) is 28.6. The summed E-state index contributed by atoms with van der Waals surface area (Å²) in [5.74, 6) is 0. The van der Waals surface area contributed by atoms with Crippen LogP contribution in [-0.2, 0) is 72.4 Å². The molecular weight excluding hydrogens is 696 g/mol. The van der Waals surface area contributed by atoms with E-state index in [0.717, 1.165) is 95.5 Å². The number of hydrogen-bond donors (Lipinski definition) is 0. The Labute approximate surface area is 267 Å². The molecule has 0 amide bonds. The van der Waals surface area contributed by atoms with Crippen molar-refractivity contribution in [3.63, 3.8) is 0 Å². The fraction of sp³-hybridized carbons (Fsp3) is 0.459. The first-order chi connectivity index (χ1) is 19.5. The van der Waals surface area contributed by atoms with Crippen LogP contribution in [0.15, 0.2) is 0 Å². The van der Waals surface area contributed by atoms with Gasteiger partial charge in [0.15, 0.2) is 0 Å². The molecule has 0 N–H and O–H groups in total. The molecule has 0 unspecified atom stereocenters. The predicted molar refractivity (Wildman–Crippen MR) is 174 cm³/mol. The Morgan fingerprint density at radius 1 is 0.333 bits per heavy atom. The Balaban J connectivity index is 0.00000242. The molecule has 0 radical (unpaired) electrons. The van der Waals surface area contributed by atoms with E-state index in [4.69, 9.17) is 19.9 Å². The molecule has 42 heavy (non-hydrogen) atoms. The van der Waals surface area contributed by atoms with Gasteiger partial charge in [-0.2, -0.15) is 0 Å². The summed E-state index contributed by atoms with van der Waals surface area (Å²) in [7, 11) is 0. The van der Waals surface area contributed by atoms with Crippen molar-refractivity contribution < 1.29 is 21.1 Å². The Morgan fingerprint density at radius 3 is 0.690 bits per heavy atom. The second kappa shape index (κ2) is 14.2. The number of nitrogens with zero attached hydrogens (tertiary/aromatic N) is 4. The van der Waals surface area contributed by atoms with E-state index < -0.39 is 0 Å². The van der Waals surface area contributed by atoms with Gasteiger partial charge in [0.2, 0.25) is 0 Å². The van der Waals surface area contributed by atoms with Crippen molar-refractivity contribution in [3.05, 3.63) is 88.7 Å². The van der Waals surface area contributed by atoms with Crippen LogP contribution < -0.4 is 41.3 Å². The summed E-state index contributed by atoms with van der Waals surface area (Å²) in [6, 6.07) is 0. The summed E-state index contributed by atoms with van der Waals surface area (Å²) >= 11 is 0. The molecule has 1 aliphatic heterocycles. The SMILES string of the molecule is C.CCc1c2[n-]c(c1CC)C=c1[n-]c(c(CC)c1CC)=Cc1[n-]c(c(CC)c1CC)C=c1[n-]c(c(CC)c1CC)=C2.[Pt+4]. The van der Waals surface area contributed by atoms with Gasteiger partial charge in [-0.05, 0) is 51.4 Å². The third-order valence-electron chi connectivity index (χ3n) is 8.82. The molecule has 0 saturated heterocycles. The maximum Gasteiger partial charge on any atom is 4.00 e. The van der Waals surface area contributed by atoms with Crippen LogP contribution in [0.25, 0.3) is 24.3 Å². The van der Waals surface area contributed by atoms with Crippen molar-refractivity contribution in [2.75, 3.05) is 0 Å². The molecule has 5 heteroatoms. The maximum absolute atomic E-state index is 5.25. The van der Waals surface area contributed by atoms with Gasteiger partial charge in [-0.15, -0.1) is 44.2 Å². The molecule has 226 valence electrons. The van der Waals surface area contributed by atoms with Crippen molar-refractivity contribution >= 4 is 24.3 Å². The normalized spacial score (nSPS) is 12.0. The number of rotatable bonds is 8. The average molecular weight is 744 g/mol. The van der Waals surface area contributed by atoms with Crippen LogP contribution in [-0.4, -0.2) is 0 Å². The summed E-state index contributed by atoms with van der Waals surface area (Å²) in [6.45, 7) is 17.9. The van der Waals surface area contributed by atoms with Crippen LogP contribution in [0.2, 0.25) is 0 Å². The second-order valence-corrected chi connectivity index (χ2v) is 10.8. The minimum absolute atomic E-state index is 0. The van der Waals surface area contributed by atoms with Crippen LogP contribution in [0, 0.1) is 0 Å². The van der Waals surface area contributed by atoms with Crippen molar-refractivity contribution in [1.29, 1.82) is 0 Å². The summed E-state index contributed by atoms with van der Waals surface area (Å²) < 4.78 is 0. The van der Waals surface area contributed by atoms with E-state index in [1.165, 1.54) is 44.5 Å². The van der Waals surface area contributed by atoms with E-state index >= 15 is 0 Å². The summed E-state index contributed by atoms with van der Waals surface area (Å²) in [5.41, 5.74) is 14.9. The largest absolute Gasteiger partial charge is 4.00 e. The second-order valence-electron chi connectivity index (χ2n) is 10.8. The van der Waals surface area contributed by atoms with Crippen LogP contribution in [0.5, 0.6) is 0 Å².